The number of fused-ring (bicyclic) bond motifs is 10. The molecule has 0 N–H and O–H groups in total. The van der Waals surface area contributed by atoms with Crippen molar-refractivity contribution in [2.24, 2.45) is 0 Å². The van der Waals surface area contributed by atoms with E-state index in [1.807, 2.05) is 12.1 Å². The van der Waals surface area contributed by atoms with Gasteiger partial charge in [-0.25, -0.2) is 9.97 Å². The highest BCUT2D eigenvalue weighted by molar-refractivity contribution is 7.25. The van der Waals surface area contributed by atoms with Gasteiger partial charge in [-0.3, -0.25) is 4.57 Å². The van der Waals surface area contributed by atoms with Crippen LogP contribution in [-0.2, 0) is 0 Å². The zero-order chi connectivity index (χ0) is 28.1. The first kappa shape index (κ1) is 23.1. The Morgan fingerprint density at radius 3 is 2.19 bits per heavy atom. The lowest BCUT2D eigenvalue weighted by atomic mass is 10.1. The fourth-order valence-electron chi connectivity index (χ4n) is 6.67. The third-order valence-electron chi connectivity index (χ3n) is 8.61. The topological polar surface area (TPSA) is 43.9 Å². The summed E-state index contributed by atoms with van der Waals surface area (Å²) in [5.41, 5.74) is 6.55. The summed E-state index contributed by atoms with van der Waals surface area (Å²) in [6.45, 7) is 0. The van der Waals surface area contributed by atoms with Gasteiger partial charge < -0.3 is 4.42 Å². The normalized spacial score (nSPS) is 12.2. The van der Waals surface area contributed by atoms with Crippen molar-refractivity contribution in [3.05, 3.63) is 127 Å². The van der Waals surface area contributed by atoms with Gasteiger partial charge in [0.05, 0.1) is 11.0 Å². The van der Waals surface area contributed by atoms with Crippen molar-refractivity contribution in [2.75, 3.05) is 0 Å². The summed E-state index contributed by atoms with van der Waals surface area (Å²) in [7, 11) is 0. The molecule has 4 heterocycles. The lowest BCUT2D eigenvalue weighted by Gasteiger charge is -2.13. The number of para-hydroxylation sites is 3. The van der Waals surface area contributed by atoms with E-state index in [0.29, 0.717) is 0 Å². The van der Waals surface area contributed by atoms with Crippen molar-refractivity contribution >= 4 is 86.3 Å². The van der Waals surface area contributed by atoms with Crippen LogP contribution in [-0.4, -0.2) is 14.5 Å². The van der Waals surface area contributed by atoms with Gasteiger partial charge in [-0.2, -0.15) is 0 Å². The molecule has 0 atom stereocenters. The Kier molecular flexibility index (Phi) is 4.57. The molecule has 0 spiro atoms. The molecule has 0 unspecified atom stereocenters. The SMILES string of the molecule is c1ccc2cc3c(cc2c1)c1ccccc1n3-c1nc2c(nc1-c1cccc3c1oc1ccccc13)sc1ccccc12. The molecule has 0 aliphatic carbocycles. The predicted molar refractivity (Wildman–Crippen MR) is 179 cm³/mol. The minimum absolute atomic E-state index is 0.797. The average molecular weight is 568 g/mol. The molecule has 200 valence electrons. The smallest absolute Gasteiger partial charge is 0.165 e. The van der Waals surface area contributed by atoms with Gasteiger partial charge in [0.15, 0.2) is 5.82 Å². The number of furan rings is 1. The molecule has 0 radical (unpaired) electrons. The van der Waals surface area contributed by atoms with Crippen LogP contribution >= 0.6 is 11.3 Å². The third kappa shape index (κ3) is 3.20. The number of thiophene rings is 1. The van der Waals surface area contributed by atoms with E-state index in [0.717, 1.165) is 65.8 Å². The maximum atomic E-state index is 6.54. The highest BCUT2D eigenvalue weighted by Gasteiger charge is 2.23. The van der Waals surface area contributed by atoms with E-state index in [-0.39, 0.29) is 0 Å². The van der Waals surface area contributed by atoms with Crippen LogP contribution in [0.3, 0.4) is 0 Å². The van der Waals surface area contributed by atoms with Gasteiger partial charge in [0.25, 0.3) is 0 Å². The van der Waals surface area contributed by atoms with Crippen molar-refractivity contribution in [3.63, 3.8) is 0 Å². The molecule has 0 bridgehead atoms. The highest BCUT2D eigenvalue weighted by Crippen LogP contribution is 2.42. The fourth-order valence-corrected chi connectivity index (χ4v) is 7.69. The van der Waals surface area contributed by atoms with Gasteiger partial charge in [0.2, 0.25) is 0 Å². The molecule has 0 saturated carbocycles. The van der Waals surface area contributed by atoms with Crippen molar-refractivity contribution in [3.8, 4) is 17.1 Å². The Morgan fingerprint density at radius 1 is 0.558 bits per heavy atom. The third-order valence-corrected chi connectivity index (χ3v) is 9.66. The minimum Gasteiger partial charge on any atom is -0.455 e. The molecule has 4 aromatic heterocycles. The zero-order valence-electron chi connectivity index (χ0n) is 22.8. The maximum Gasteiger partial charge on any atom is 0.165 e. The van der Waals surface area contributed by atoms with Crippen molar-refractivity contribution < 1.29 is 4.42 Å². The second kappa shape index (κ2) is 8.51. The Labute approximate surface area is 249 Å². The van der Waals surface area contributed by atoms with Crippen LogP contribution in [0.2, 0.25) is 0 Å². The molecule has 0 fully saturated rings. The van der Waals surface area contributed by atoms with E-state index in [1.54, 1.807) is 11.3 Å². The van der Waals surface area contributed by atoms with Crippen LogP contribution in [0.5, 0.6) is 0 Å². The second-order valence-electron chi connectivity index (χ2n) is 11.0. The zero-order valence-corrected chi connectivity index (χ0v) is 23.6. The molecule has 0 saturated heterocycles. The number of nitrogens with zero attached hydrogens (tertiary/aromatic N) is 3. The van der Waals surface area contributed by atoms with E-state index in [4.69, 9.17) is 14.4 Å². The number of hydrogen-bond donors (Lipinski definition) is 0. The Morgan fingerprint density at radius 2 is 1.28 bits per heavy atom. The van der Waals surface area contributed by atoms with Gasteiger partial charge in [-0.05, 0) is 47.2 Å². The van der Waals surface area contributed by atoms with Crippen molar-refractivity contribution in [1.82, 2.24) is 14.5 Å². The van der Waals surface area contributed by atoms with Crippen molar-refractivity contribution in [2.45, 2.75) is 0 Å². The van der Waals surface area contributed by atoms with Crippen LogP contribution in [0.15, 0.2) is 132 Å². The summed E-state index contributed by atoms with van der Waals surface area (Å²) in [6.07, 6.45) is 0. The van der Waals surface area contributed by atoms with Crippen LogP contribution in [0, 0.1) is 0 Å². The van der Waals surface area contributed by atoms with Gasteiger partial charge in [0, 0.05) is 37.2 Å². The highest BCUT2D eigenvalue weighted by atomic mass is 32.1. The largest absolute Gasteiger partial charge is 0.455 e. The van der Waals surface area contributed by atoms with Gasteiger partial charge in [0.1, 0.15) is 27.2 Å². The summed E-state index contributed by atoms with van der Waals surface area (Å²) >= 11 is 1.68. The Hall–Kier alpha value is -5.52. The first-order valence-corrected chi connectivity index (χ1v) is 15.2. The van der Waals surface area contributed by atoms with E-state index in [1.165, 1.54) is 26.2 Å². The molecule has 0 aliphatic heterocycles. The summed E-state index contributed by atoms with van der Waals surface area (Å²) in [5, 5.41) is 8.08. The van der Waals surface area contributed by atoms with E-state index < -0.39 is 0 Å². The molecule has 10 rings (SSSR count). The predicted octanol–water partition coefficient (Wildman–Crippen LogP) is 10.7. The van der Waals surface area contributed by atoms with E-state index >= 15 is 0 Å². The monoisotopic (exact) mass is 567 g/mol. The lowest BCUT2D eigenvalue weighted by molar-refractivity contribution is 0.669. The van der Waals surface area contributed by atoms with E-state index in [2.05, 4.69) is 120 Å². The standard InChI is InChI=1S/C38H21N3OS/c1-2-11-23-21-31-29(20-22(23)10-1)24-12-3-6-17-30(24)41(31)37-34(40-38-35(39-37)27-14-5-8-19-33(27)43-38)28-16-9-15-26-25-13-4-7-18-32(25)42-36(26)28/h1-21H. The quantitative estimate of drug-likeness (QED) is 0.209. The first-order valence-electron chi connectivity index (χ1n) is 14.3. The number of aromatic nitrogens is 3. The molecule has 0 amide bonds. The summed E-state index contributed by atoms with van der Waals surface area (Å²) in [6, 6.07) is 44.7. The van der Waals surface area contributed by atoms with E-state index in [9.17, 15) is 0 Å². The molecule has 10 aromatic rings. The Balaban J connectivity index is 1.41. The summed E-state index contributed by atoms with van der Waals surface area (Å²) < 4.78 is 10.0. The van der Waals surface area contributed by atoms with Gasteiger partial charge >= 0.3 is 0 Å². The molecule has 0 aliphatic rings. The van der Waals surface area contributed by atoms with Crippen LogP contribution in [0.25, 0.3) is 92.0 Å². The van der Waals surface area contributed by atoms with Crippen molar-refractivity contribution in [1.29, 1.82) is 0 Å². The number of rotatable bonds is 2. The minimum atomic E-state index is 0.797. The molecule has 6 aromatic carbocycles. The first-order chi connectivity index (χ1) is 21.3. The van der Waals surface area contributed by atoms with Crippen LogP contribution < -0.4 is 0 Å². The average Bonchev–Trinajstić information content (AvgIpc) is 3.72. The number of benzene rings is 6. The molecule has 4 nitrogen and oxygen atoms in total. The lowest BCUT2D eigenvalue weighted by Crippen LogP contribution is -2.03. The molecular formula is C38H21N3OS. The summed E-state index contributed by atoms with van der Waals surface area (Å²) in [4.78, 5) is 11.8. The summed E-state index contributed by atoms with van der Waals surface area (Å²) in [5.74, 6) is 0.797. The maximum absolute atomic E-state index is 6.54. The van der Waals surface area contributed by atoms with Crippen LogP contribution in [0.1, 0.15) is 0 Å². The second-order valence-corrected chi connectivity index (χ2v) is 12.0. The van der Waals surface area contributed by atoms with Gasteiger partial charge in [-0.15, -0.1) is 11.3 Å². The number of hydrogen-bond acceptors (Lipinski definition) is 4. The molecule has 43 heavy (non-hydrogen) atoms. The molecular weight excluding hydrogens is 547 g/mol. The van der Waals surface area contributed by atoms with Crippen LogP contribution in [0.4, 0.5) is 0 Å². The van der Waals surface area contributed by atoms with Gasteiger partial charge in [-0.1, -0.05) is 91.0 Å². The fraction of sp³-hybridized carbons (Fsp3) is 0. The Bertz CT molecular complexity index is 2750. The molecule has 5 heteroatoms.